The van der Waals surface area contributed by atoms with Crippen molar-refractivity contribution >= 4 is 27.5 Å². The minimum Gasteiger partial charge on any atom is -0.345 e. The summed E-state index contributed by atoms with van der Waals surface area (Å²) in [7, 11) is -1.73. The molecule has 2 saturated heterocycles. The molecule has 1 aliphatic carbocycles. The second-order valence-corrected chi connectivity index (χ2v) is 16.1. The molecule has 0 N–H and O–H groups in total. The van der Waals surface area contributed by atoms with Crippen LogP contribution in [-0.4, -0.2) is 73.2 Å². The molecule has 242 valence electrons. The number of rotatable bonds is 11. The number of halogens is 1. The Balaban J connectivity index is 1.15. The maximum atomic E-state index is 13.8. The lowest BCUT2D eigenvalue weighted by Gasteiger charge is -2.47. The van der Waals surface area contributed by atoms with E-state index >= 15 is 0 Å². The summed E-state index contributed by atoms with van der Waals surface area (Å²) in [5.74, 6) is 0.658. The van der Waals surface area contributed by atoms with Gasteiger partial charge in [0, 0.05) is 43.2 Å². The molecule has 2 heterocycles. The van der Waals surface area contributed by atoms with Crippen molar-refractivity contribution in [2.75, 3.05) is 33.2 Å². The number of likely N-dealkylation sites (tertiary alicyclic amines) is 1. The summed E-state index contributed by atoms with van der Waals surface area (Å²) < 4.78 is 29.2. The molecule has 0 spiro atoms. The van der Waals surface area contributed by atoms with E-state index in [1.807, 2.05) is 18.9 Å². The molecule has 1 amide bonds. The summed E-state index contributed by atoms with van der Waals surface area (Å²) in [6.07, 6.45) is 13.3. The number of hydrogen-bond donors (Lipinski definition) is 0. The highest BCUT2D eigenvalue weighted by Gasteiger charge is 2.41. The van der Waals surface area contributed by atoms with Crippen LogP contribution in [0.15, 0.2) is 47.4 Å². The molecule has 6 nitrogen and oxygen atoms in total. The Kier molecular flexibility index (Phi) is 11.1. The van der Waals surface area contributed by atoms with Crippen LogP contribution in [0, 0.1) is 19.8 Å². The Morgan fingerprint density at radius 1 is 0.955 bits per heavy atom. The fourth-order valence-corrected chi connectivity index (χ4v) is 10.3. The minimum absolute atomic E-state index is 0.131. The fraction of sp³-hybridized carbons (Fsp3) is 0.639. The highest BCUT2D eigenvalue weighted by atomic mass is 35.5. The van der Waals surface area contributed by atoms with Crippen molar-refractivity contribution in [2.45, 2.75) is 114 Å². The third-order valence-electron chi connectivity index (χ3n) is 10.8. The Labute approximate surface area is 271 Å². The predicted molar refractivity (Wildman–Crippen MR) is 180 cm³/mol. The van der Waals surface area contributed by atoms with Gasteiger partial charge in [0.15, 0.2) is 0 Å². The zero-order chi connectivity index (χ0) is 31.3. The number of piperidine rings is 1. The molecule has 8 heteroatoms. The molecule has 0 bridgehead atoms. The first-order valence-electron chi connectivity index (χ1n) is 16.9. The van der Waals surface area contributed by atoms with Crippen LogP contribution in [0.5, 0.6) is 0 Å². The Bertz CT molecular complexity index is 1370. The van der Waals surface area contributed by atoms with Gasteiger partial charge in [-0.05, 0) is 132 Å². The molecule has 1 saturated carbocycles. The highest BCUT2D eigenvalue weighted by molar-refractivity contribution is 7.89. The van der Waals surface area contributed by atoms with Crippen molar-refractivity contribution < 1.29 is 13.2 Å². The first kappa shape index (κ1) is 33.4. The van der Waals surface area contributed by atoms with Gasteiger partial charge >= 0.3 is 0 Å². The monoisotopic (exact) mass is 641 g/mol. The van der Waals surface area contributed by atoms with E-state index in [9.17, 15) is 13.2 Å². The van der Waals surface area contributed by atoms with E-state index in [1.54, 1.807) is 23.4 Å². The number of carbonyl (C=O) groups excluding carboxylic acids is 1. The SMILES string of the molecule is Cc1cc(S(=O)(=O)N2CCCCC2CCC(=O)N(C)CC2CCC(CCc3ccccc3)(N3CCCC3)CC2)c(C)cc1Cl. The molecule has 3 aliphatic rings. The summed E-state index contributed by atoms with van der Waals surface area (Å²) in [6, 6.07) is 14.2. The van der Waals surface area contributed by atoms with Gasteiger partial charge in [-0.1, -0.05) is 48.4 Å². The van der Waals surface area contributed by atoms with E-state index in [1.165, 1.54) is 50.8 Å². The molecule has 1 unspecified atom stereocenters. The van der Waals surface area contributed by atoms with Gasteiger partial charge in [0.25, 0.3) is 0 Å². The molecule has 1 atom stereocenters. The quantitative estimate of drug-likeness (QED) is 0.257. The van der Waals surface area contributed by atoms with Gasteiger partial charge in [-0.2, -0.15) is 4.31 Å². The van der Waals surface area contributed by atoms with Crippen LogP contribution < -0.4 is 0 Å². The Morgan fingerprint density at radius 3 is 2.34 bits per heavy atom. The molecular formula is C36H52ClN3O3S. The maximum absolute atomic E-state index is 13.8. The molecule has 2 aromatic carbocycles. The van der Waals surface area contributed by atoms with Crippen molar-refractivity contribution in [3.8, 4) is 0 Å². The molecule has 0 radical (unpaired) electrons. The third-order valence-corrected chi connectivity index (χ3v) is 13.3. The molecular weight excluding hydrogens is 590 g/mol. The van der Waals surface area contributed by atoms with E-state index in [4.69, 9.17) is 11.6 Å². The van der Waals surface area contributed by atoms with E-state index in [0.29, 0.717) is 46.3 Å². The van der Waals surface area contributed by atoms with Gasteiger partial charge in [-0.15, -0.1) is 0 Å². The van der Waals surface area contributed by atoms with Crippen LogP contribution >= 0.6 is 11.6 Å². The van der Waals surface area contributed by atoms with E-state index in [0.717, 1.165) is 50.6 Å². The number of benzene rings is 2. The first-order valence-corrected chi connectivity index (χ1v) is 18.7. The minimum atomic E-state index is -3.67. The van der Waals surface area contributed by atoms with Gasteiger partial charge in [-0.25, -0.2) is 8.42 Å². The fourth-order valence-electron chi connectivity index (χ4n) is 8.04. The van der Waals surface area contributed by atoms with Gasteiger partial charge < -0.3 is 4.90 Å². The average Bonchev–Trinajstić information content (AvgIpc) is 3.58. The molecule has 5 rings (SSSR count). The summed E-state index contributed by atoms with van der Waals surface area (Å²) >= 11 is 6.26. The molecule has 2 aliphatic heterocycles. The number of sulfonamides is 1. The van der Waals surface area contributed by atoms with Crippen LogP contribution in [0.4, 0.5) is 0 Å². The molecule has 2 aromatic rings. The number of nitrogens with zero attached hydrogens (tertiary/aromatic N) is 3. The van der Waals surface area contributed by atoms with Crippen LogP contribution in [-0.2, 0) is 21.2 Å². The molecule has 0 aromatic heterocycles. The topological polar surface area (TPSA) is 60.9 Å². The predicted octanol–water partition coefficient (Wildman–Crippen LogP) is 7.40. The standard InChI is InChI=1S/C36H52ClN3O3S/c1-28-26-34(29(2)25-33(28)37)44(42,43)40-24-8-7-13-32(40)14-15-35(41)38(3)27-31-17-20-36(21-18-31,39-22-9-10-23-39)19-16-30-11-5-4-6-12-30/h4-6,11-12,25-26,31-32H,7-10,13-24,27H2,1-3H3. The highest BCUT2D eigenvalue weighted by Crippen LogP contribution is 2.42. The molecule has 44 heavy (non-hydrogen) atoms. The van der Waals surface area contributed by atoms with Crippen molar-refractivity contribution in [2.24, 2.45) is 5.92 Å². The second-order valence-electron chi connectivity index (χ2n) is 13.8. The van der Waals surface area contributed by atoms with Crippen LogP contribution in [0.2, 0.25) is 5.02 Å². The zero-order valence-corrected chi connectivity index (χ0v) is 28.6. The summed E-state index contributed by atoms with van der Waals surface area (Å²) in [5, 5.41) is 0.581. The van der Waals surface area contributed by atoms with Crippen LogP contribution in [0.1, 0.15) is 93.7 Å². The number of aryl methyl sites for hydroxylation is 3. The third kappa shape index (κ3) is 7.71. The van der Waals surface area contributed by atoms with Gasteiger partial charge in [0.2, 0.25) is 15.9 Å². The Hall–Kier alpha value is -1.93. The van der Waals surface area contributed by atoms with Gasteiger partial charge in [0.1, 0.15) is 0 Å². The number of amides is 1. The lowest BCUT2D eigenvalue weighted by atomic mass is 9.72. The summed E-state index contributed by atoms with van der Waals surface area (Å²) in [5.41, 5.74) is 3.16. The number of hydrogen-bond acceptors (Lipinski definition) is 4. The van der Waals surface area contributed by atoms with E-state index in [-0.39, 0.29) is 11.9 Å². The molecule has 3 fully saturated rings. The smallest absolute Gasteiger partial charge is 0.243 e. The van der Waals surface area contributed by atoms with Gasteiger partial charge in [0.05, 0.1) is 4.90 Å². The number of carbonyl (C=O) groups is 1. The zero-order valence-electron chi connectivity index (χ0n) is 27.1. The van der Waals surface area contributed by atoms with Crippen molar-refractivity contribution in [3.63, 3.8) is 0 Å². The first-order chi connectivity index (χ1) is 21.1. The van der Waals surface area contributed by atoms with E-state index in [2.05, 4.69) is 35.2 Å². The van der Waals surface area contributed by atoms with Crippen molar-refractivity contribution in [1.29, 1.82) is 0 Å². The summed E-state index contributed by atoms with van der Waals surface area (Å²) in [4.78, 5) is 18.4. The van der Waals surface area contributed by atoms with Crippen LogP contribution in [0.3, 0.4) is 0 Å². The maximum Gasteiger partial charge on any atom is 0.243 e. The van der Waals surface area contributed by atoms with E-state index < -0.39 is 10.0 Å². The van der Waals surface area contributed by atoms with Gasteiger partial charge in [-0.3, -0.25) is 9.69 Å². The second kappa shape index (κ2) is 14.7. The largest absolute Gasteiger partial charge is 0.345 e. The lowest BCUT2D eigenvalue weighted by Crippen LogP contribution is -2.50. The van der Waals surface area contributed by atoms with Crippen LogP contribution in [0.25, 0.3) is 0 Å². The average molecular weight is 642 g/mol. The van der Waals surface area contributed by atoms with Crippen molar-refractivity contribution in [1.82, 2.24) is 14.1 Å². The normalized spacial score (nSPS) is 25.3. The lowest BCUT2D eigenvalue weighted by molar-refractivity contribution is -0.131. The Morgan fingerprint density at radius 2 is 1.64 bits per heavy atom. The summed E-state index contributed by atoms with van der Waals surface area (Å²) in [6.45, 7) is 7.39. The van der Waals surface area contributed by atoms with Crippen molar-refractivity contribution in [3.05, 3.63) is 64.2 Å².